The molecule has 0 saturated carbocycles. The van der Waals surface area contributed by atoms with Gasteiger partial charge in [0.25, 0.3) is 5.91 Å². The van der Waals surface area contributed by atoms with Gasteiger partial charge in [-0.2, -0.15) is 0 Å². The molecule has 5 nitrogen and oxygen atoms in total. The van der Waals surface area contributed by atoms with E-state index in [0.29, 0.717) is 11.1 Å². The van der Waals surface area contributed by atoms with E-state index in [-0.39, 0.29) is 11.1 Å². The molecule has 0 spiro atoms. The summed E-state index contributed by atoms with van der Waals surface area (Å²) in [4.78, 5) is 27.0. The Morgan fingerprint density at radius 1 is 1.00 bits per heavy atom. The number of nitrogens with one attached hydrogen (secondary N) is 1. The smallest absolute Gasteiger partial charge is 0.337 e. The summed E-state index contributed by atoms with van der Waals surface area (Å²) < 4.78 is 27.6. The monoisotopic (exact) mass is 354 g/mol. The molecule has 0 bridgehead atoms. The topological polar surface area (TPSA) is 79.3 Å². The summed E-state index contributed by atoms with van der Waals surface area (Å²) in [5.41, 5.74) is 0.801. The maximum Gasteiger partial charge on any atom is 0.337 e. The summed E-state index contributed by atoms with van der Waals surface area (Å²) in [6.07, 6.45) is 0.921. The van der Waals surface area contributed by atoms with Crippen LogP contribution < -0.4 is 5.32 Å². The molecule has 0 radical (unpaired) electrons. The first-order valence-electron chi connectivity index (χ1n) is 7.51. The van der Waals surface area contributed by atoms with Crippen molar-refractivity contribution in [1.29, 1.82) is 0 Å². The van der Waals surface area contributed by atoms with Gasteiger partial charge >= 0.3 is 5.97 Å². The van der Waals surface area contributed by atoms with E-state index in [1.54, 1.807) is 30.3 Å². The highest BCUT2D eigenvalue weighted by Crippen LogP contribution is 2.25. The van der Waals surface area contributed by atoms with Gasteiger partial charge in [0.15, 0.2) is 11.6 Å². The molecular formula is C19H12F2N2O3. The van der Waals surface area contributed by atoms with Crippen molar-refractivity contribution in [2.24, 2.45) is 0 Å². The van der Waals surface area contributed by atoms with Crippen LogP contribution in [0.3, 0.4) is 0 Å². The van der Waals surface area contributed by atoms with Gasteiger partial charge in [0.1, 0.15) is 5.82 Å². The zero-order valence-electron chi connectivity index (χ0n) is 13.2. The largest absolute Gasteiger partial charge is 0.478 e. The Hall–Kier alpha value is -3.61. The van der Waals surface area contributed by atoms with Crippen LogP contribution in [0.4, 0.5) is 14.6 Å². The van der Waals surface area contributed by atoms with Gasteiger partial charge in [0.2, 0.25) is 0 Å². The standard InChI is InChI=1S/C19H12F2N2O3/c20-13-6-7-14(11-4-2-1-3-5-11)15(9-13)18(24)23-17-16(21)8-12(10-22-17)19(25)26/h1-10H,(H,25,26)(H,22,23,24). The number of nitrogens with zero attached hydrogens (tertiary/aromatic N) is 1. The van der Waals surface area contributed by atoms with E-state index in [9.17, 15) is 18.4 Å². The van der Waals surface area contributed by atoms with Crippen molar-refractivity contribution in [2.75, 3.05) is 5.32 Å². The number of carboxylic acids is 1. The number of amides is 1. The maximum absolute atomic E-state index is 14.0. The molecule has 0 aliphatic rings. The van der Waals surface area contributed by atoms with Crippen molar-refractivity contribution >= 4 is 17.7 Å². The summed E-state index contributed by atoms with van der Waals surface area (Å²) in [5, 5.41) is 11.1. The number of rotatable bonds is 4. The van der Waals surface area contributed by atoms with E-state index in [2.05, 4.69) is 10.3 Å². The van der Waals surface area contributed by atoms with Crippen LogP contribution in [-0.4, -0.2) is 22.0 Å². The third kappa shape index (κ3) is 3.56. The second kappa shape index (κ2) is 7.10. The summed E-state index contributed by atoms with van der Waals surface area (Å²) in [6, 6.07) is 13.3. The van der Waals surface area contributed by atoms with Gasteiger partial charge in [0.05, 0.1) is 11.1 Å². The van der Waals surface area contributed by atoms with Crippen molar-refractivity contribution < 1.29 is 23.5 Å². The van der Waals surface area contributed by atoms with Crippen LogP contribution in [0.15, 0.2) is 60.8 Å². The molecule has 0 atom stereocenters. The Balaban J connectivity index is 1.96. The molecule has 26 heavy (non-hydrogen) atoms. The molecular weight excluding hydrogens is 342 g/mol. The Bertz CT molecular complexity index is 991. The Morgan fingerprint density at radius 2 is 1.73 bits per heavy atom. The summed E-state index contributed by atoms with van der Waals surface area (Å²) in [5.74, 6) is -4.17. The molecule has 0 aliphatic heterocycles. The highest BCUT2D eigenvalue weighted by Gasteiger charge is 2.17. The number of hydrogen-bond donors (Lipinski definition) is 2. The molecule has 1 heterocycles. The van der Waals surface area contributed by atoms with E-state index >= 15 is 0 Å². The van der Waals surface area contributed by atoms with Crippen LogP contribution in [0.25, 0.3) is 11.1 Å². The van der Waals surface area contributed by atoms with Crippen molar-refractivity contribution in [1.82, 2.24) is 4.98 Å². The third-order valence-electron chi connectivity index (χ3n) is 3.63. The van der Waals surface area contributed by atoms with E-state index < -0.39 is 29.3 Å². The van der Waals surface area contributed by atoms with E-state index in [0.717, 1.165) is 18.3 Å². The van der Waals surface area contributed by atoms with Crippen molar-refractivity contribution in [3.05, 3.63) is 83.6 Å². The highest BCUT2D eigenvalue weighted by molar-refractivity contribution is 6.08. The Kier molecular flexibility index (Phi) is 4.70. The third-order valence-corrected chi connectivity index (χ3v) is 3.63. The molecule has 0 unspecified atom stereocenters. The molecule has 3 rings (SSSR count). The molecule has 0 aliphatic carbocycles. The van der Waals surface area contributed by atoms with Crippen LogP contribution in [0.5, 0.6) is 0 Å². The minimum atomic E-state index is -1.34. The fourth-order valence-corrected chi connectivity index (χ4v) is 2.40. The number of aromatic carboxylic acids is 1. The second-order valence-electron chi connectivity index (χ2n) is 5.37. The summed E-state index contributed by atoms with van der Waals surface area (Å²) >= 11 is 0. The second-order valence-corrected chi connectivity index (χ2v) is 5.37. The average Bonchev–Trinajstić information content (AvgIpc) is 2.63. The predicted octanol–water partition coefficient (Wildman–Crippen LogP) is 3.98. The molecule has 130 valence electrons. The maximum atomic E-state index is 14.0. The van der Waals surface area contributed by atoms with E-state index in [1.165, 1.54) is 12.1 Å². The van der Waals surface area contributed by atoms with Gasteiger partial charge in [-0.3, -0.25) is 4.79 Å². The first kappa shape index (κ1) is 17.2. The van der Waals surface area contributed by atoms with Gasteiger partial charge in [-0.15, -0.1) is 0 Å². The first-order chi connectivity index (χ1) is 12.5. The van der Waals surface area contributed by atoms with Gasteiger partial charge < -0.3 is 10.4 Å². The fraction of sp³-hybridized carbons (Fsp3) is 0. The highest BCUT2D eigenvalue weighted by atomic mass is 19.1. The van der Waals surface area contributed by atoms with Gasteiger partial charge in [-0.05, 0) is 29.3 Å². The normalized spacial score (nSPS) is 10.4. The number of benzene rings is 2. The summed E-state index contributed by atoms with van der Waals surface area (Å²) in [7, 11) is 0. The molecule has 1 aromatic heterocycles. The van der Waals surface area contributed by atoms with Crippen LogP contribution >= 0.6 is 0 Å². The molecule has 0 fully saturated rings. The number of aromatic nitrogens is 1. The van der Waals surface area contributed by atoms with Gasteiger partial charge in [-0.1, -0.05) is 36.4 Å². The first-order valence-corrected chi connectivity index (χ1v) is 7.51. The minimum Gasteiger partial charge on any atom is -0.478 e. The number of halogens is 2. The van der Waals surface area contributed by atoms with Gasteiger partial charge in [-0.25, -0.2) is 18.6 Å². The molecule has 1 amide bonds. The lowest BCUT2D eigenvalue weighted by atomic mass is 9.99. The van der Waals surface area contributed by atoms with Crippen molar-refractivity contribution in [3.63, 3.8) is 0 Å². The number of hydrogen-bond acceptors (Lipinski definition) is 3. The summed E-state index contributed by atoms with van der Waals surface area (Å²) in [6.45, 7) is 0. The van der Waals surface area contributed by atoms with E-state index in [1.807, 2.05) is 0 Å². The molecule has 2 N–H and O–H groups in total. The SMILES string of the molecule is O=C(O)c1cnc(NC(=O)c2cc(F)ccc2-c2ccccc2)c(F)c1. The lowest BCUT2D eigenvalue weighted by molar-refractivity contribution is 0.0695. The quantitative estimate of drug-likeness (QED) is 0.743. The molecule has 3 aromatic rings. The number of carbonyl (C=O) groups excluding carboxylic acids is 1. The van der Waals surface area contributed by atoms with Crippen molar-refractivity contribution in [2.45, 2.75) is 0 Å². The number of pyridine rings is 1. The van der Waals surface area contributed by atoms with Crippen LogP contribution in [-0.2, 0) is 0 Å². The average molecular weight is 354 g/mol. The van der Waals surface area contributed by atoms with Crippen LogP contribution in [0.2, 0.25) is 0 Å². The van der Waals surface area contributed by atoms with Gasteiger partial charge in [0, 0.05) is 6.20 Å². The van der Waals surface area contributed by atoms with Crippen LogP contribution in [0, 0.1) is 11.6 Å². The lowest BCUT2D eigenvalue weighted by Gasteiger charge is -2.11. The lowest BCUT2D eigenvalue weighted by Crippen LogP contribution is -2.16. The zero-order chi connectivity index (χ0) is 18.7. The van der Waals surface area contributed by atoms with Crippen molar-refractivity contribution in [3.8, 4) is 11.1 Å². The Morgan fingerprint density at radius 3 is 2.38 bits per heavy atom. The zero-order valence-corrected chi connectivity index (χ0v) is 13.2. The number of carboxylic acid groups (broad SMARTS) is 1. The van der Waals surface area contributed by atoms with E-state index in [4.69, 9.17) is 5.11 Å². The molecule has 0 saturated heterocycles. The Labute approximate surface area is 146 Å². The molecule has 2 aromatic carbocycles. The number of anilines is 1. The van der Waals surface area contributed by atoms with Crippen LogP contribution in [0.1, 0.15) is 20.7 Å². The number of carbonyl (C=O) groups is 2. The molecule has 7 heteroatoms. The fourth-order valence-electron chi connectivity index (χ4n) is 2.40. The minimum absolute atomic E-state index is 0.000267. The predicted molar refractivity (Wildman–Crippen MR) is 90.9 cm³/mol.